The lowest BCUT2D eigenvalue weighted by Gasteiger charge is -2.27. The summed E-state index contributed by atoms with van der Waals surface area (Å²) in [7, 11) is 0. The molecule has 1 aromatic rings. The van der Waals surface area contributed by atoms with E-state index < -0.39 is 5.60 Å². The van der Waals surface area contributed by atoms with E-state index in [0.717, 1.165) is 0 Å². The van der Waals surface area contributed by atoms with Crippen molar-refractivity contribution in [3.63, 3.8) is 0 Å². The van der Waals surface area contributed by atoms with E-state index in [1.165, 1.54) is 6.92 Å². The summed E-state index contributed by atoms with van der Waals surface area (Å²) >= 11 is 5.79. The molecule has 0 bridgehead atoms. The Morgan fingerprint density at radius 1 is 1.39 bits per heavy atom. The minimum atomic E-state index is -1.49. The number of Topliss-reactive ketones (excluding diaryl/α,β-unsaturated/α-hetero) is 1. The highest BCUT2D eigenvalue weighted by molar-refractivity contribution is 6.30. The van der Waals surface area contributed by atoms with Crippen molar-refractivity contribution >= 4 is 17.4 Å². The van der Waals surface area contributed by atoms with Gasteiger partial charge in [-0.3, -0.25) is 4.79 Å². The van der Waals surface area contributed by atoms with Crippen LogP contribution in [-0.4, -0.2) is 23.5 Å². The van der Waals surface area contributed by atoms with Crippen LogP contribution in [-0.2, 0) is 10.4 Å². The maximum Gasteiger partial charge on any atom is 0.167 e. The SMILES string of the molecule is C.CC(=O)C(O)(CNC(C)C)c1ccc(Cl)cc1. The topological polar surface area (TPSA) is 49.3 Å². The smallest absolute Gasteiger partial charge is 0.167 e. The summed E-state index contributed by atoms with van der Waals surface area (Å²) in [6, 6.07) is 6.88. The van der Waals surface area contributed by atoms with Gasteiger partial charge in [-0.15, -0.1) is 0 Å². The van der Waals surface area contributed by atoms with Crippen LogP contribution in [0, 0.1) is 0 Å². The molecule has 0 spiro atoms. The Labute approximate surface area is 114 Å². The quantitative estimate of drug-likeness (QED) is 0.866. The molecule has 102 valence electrons. The highest BCUT2D eigenvalue weighted by Crippen LogP contribution is 2.23. The minimum absolute atomic E-state index is 0. The van der Waals surface area contributed by atoms with Gasteiger partial charge in [0.2, 0.25) is 0 Å². The van der Waals surface area contributed by atoms with Crippen LogP contribution in [0.2, 0.25) is 5.02 Å². The van der Waals surface area contributed by atoms with Gasteiger partial charge in [-0.1, -0.05) is 45.0 Å². The zero-order valence-corrected chi connectivity index (χ0v) is 11.1. The monoisotopic (exact) mass is 271 g/mol. The molecule has 1 rings (SSSR count). The fourth-order valence-electron chi connectivity index (χ4n) is 1.51. The molecule has 0 saturated heterocycles. The molecule has 0 radical (unpaired) electrons. The first-order valence-corrected chi connectivity index (χ1v) is 5.97. The van der Waals surface area contributed by atoms with Crippen molar-refractivity contribution in [2.24, 2.45) is 0 Å². The molecule has 1 unspecified atom stereocenters. The summed E-state index contributed by atoms with van der Waals surface area (Å²) in [5.74, 6) is -0.284. The van der Waals surface area contributed by atoms with Crippen LogP contribution in [0.4, 0.5) is 0 Å². The average molecular weight is 272 g/mol. The third kappa shape index (κ3) is 4.09. The largest absolute Gasteiger partial charge is 0.376 e. The first kappa shape index (κ1) is 17.1. The zero-order chi connectivity index (χ0) is 13.1. The number of carbonyl (C=O) groups excluding carboxylic acids is 1. The van der Waals surface area contributed by atoms with E-state index in [-0.39, 0.29) is 25.8 Å². The lowest BCUT2D eigenvalue weighted by atomic mass is 9.90. The van der Waals surface area contributed by atoms with Crippen LogP contribution in [0.1, 0.15) is 33.8 Å². The third-order valence-corrected chi connectivity index (χ3v) is 2.92. The molecule has 0 aliphatic carbocycles. The molecule has 0 amide bonds. The standard InChI is InChI=1S/C13H18ClNO2.CH4/c1-9(2)15-8-13(17,10(3)16)11-4-6-12(14)7-5-11;/h4-7,9,15,17H,8H2,1-3H3;1H4. The Morgan fingerprint density at radius 2 is 1.89 bits per heavy atom. The second kappa shape index (κ2) is 6.88. The molecule has 1 atom stereocenters. The van der Waals surface area contributed by atoms with Gasteiger partial charge in [0.25, 0.3) is 0 Å². The van der Waals surface area contributed by atoms with E-state index in [1.807, 2.05) is 13.8 Å². The van der Waals surface area contributed by atoms with Crippen molar-refractivity contribution in [2.75, 3.05) is 6.54 Å². The van der Waals surface area contributed by atoms with Crippen LogP contribution in [0.5, 0.6) is 0 Å². The number of nitrogens with one attached hydrogen (secondary N) is 1. The van der Waals surface area contributed by atoms with E-state index in [9.17, 15) is 9.90 Å². The third-order valence-electron chi connectivity index (χ3n) is 2.67. The van der Waals surface area contributed by atoms with Gasteiger partial charge in [0.15, 0.2) is 11.4 Å². The van der Waals surface area contributed by atoms with Crippen LogP contribution in [0.25, 0.3) is 0 Å². The highest BCUT2D eigenvalue weighted by Gasteiger charge is 2.34. The first-order valence-electron chi connectivity index (χ1n) is 5.59. The van der Waals surface area contributed by atoms with Crippen LogP contribution < -0.4 is 5.32 Å². The summed E-state index contributed by atoms with van der Waals surface area (Å²) in [5.41, 5.74) is -0.933. The highest BCUT2D eigenvalue weighted by atomic mass is 35.5. The number of aliphatic hydroxyl groups is 1. The minimum Gasteiger partial charge on any atom is -0.376 e. The van der Waals surface area contributed by atoms with Crippen molar-refractivity contribution in [1.29, 1.82) is 0 Å². The molecule has 18 heavy (non-hydrogen) atoms. The average Bonchev–Trinajstić information content (AvgIpc) is 2.26. The second-order valence-corrected chi connectivity index (χ2v) is 4.90. The number of ketones is 1. The zero-order valence-electron chi connectivity index (χ0n) is 10.3. The Morgan fingerprint density at radius 3 is 2.28 bits per heavy atom. The number of halogens is 1. The molecule has 0 aromatic heterocycles. The Hall–Kier alpha value is -0.900. The van der Waals surface area contributed by atoms with Crippen LogP contribution in [0.15, 0.2) is 24.3 Å². The Balaban J connectivity index is 0.00000289. The molecule has 0 saturated carbocycles. The lowest BCUT2D eigenvalue weighted by Crippen LogP contribution is -2.45. The summed E-state index contributed by atoms with van der Waals surface area (Å²) in [6.45, 7) is 5.50. The second-order valence-electron chi connectivity index (χ2n) is 4.46. The van der Waals surface area contributed by atoms with Crippen molar-refractivity contribution < 1.29 is 9.90 Å². The van der Waals surface area contributed by atoms with E-state index in [0.29, 0.717) is 10.6 Å². The first-order chi connectivity index (χ1) is 7.86. The fraction of sp³-hybridized carbons (Fsp3) is 0.500. The van der Waals surface area contributed by atoms with Gasteiger partial charge in [-0.05, 0) is 24.6 Å². The summed E-state index contributed by atoms with van der Waals surface area (Å²) in [5, 5.41) is 14.1. The van der Waals surface area contributed by atoms with E-state index >= 15 is 0 Å². The van der Waals surface area contributed by atoms with Crippen molar-refractivity contribution in [1.82, 2.24) is 5.32 Å². The molecule has 4 heteroatoms. The molecule has 1 aromatic carbocycles. The molecule has 0 aliphatic heterocycles. The molecular weight excluding hydrogens is 250 g/mol. The maximum atomic E-state index is 11.6. The molecule has 0 heterocycles. The molecule has 2 N–H and O–H groups in total. The molecule has 0 fully saturated rings. The van der Waals surface area contributed by atoms with Crippen molar-refractivity contribution in [3.05, 3.63) is 34.9 Å². The summed E-state index contributed by atoms with van der Waals surface area (Å²) in [4.78, 5) is 11.6. The number of benzene rings is 1. The van der Waals surface area contributed by atoms with E-state index in [1.54, 1.807) is 24.3 Å². The number of carbonyl (C=O) groups is 1. The summed E-state index contributed by atoms with van der Waals surface area (Å²) < 4.78 is 0. The number of hydrogen-bond acceptors (Lipinski definition) is 3. The van der Waals surface area contributed by atoms with Crippen molar-refractivity contribution in [2.45, 2.75) is 39.8 Å². The normalized spacial score (nSPS) is 13.9. The Kier molecular flexibility index (Phi) is 6.54. The van der Waals surface area contributed by atoms with Gasteiger partial charge in [0.05, 0.1) is 0 Å². The fourth-order valence-corrected chi connectivity index (χ4v) is 1.63. The van der Waals surface area contributed by atoms with Gasteiger partial charge in [0.1, 0.15) is 0 Å². The van der Waals surface area contributed by atoms with Crippen molar-refractivity contribution in [3.8, 4) is 0 Å². The van der Waals surface area contributed by atoms with E-state index in [2.05, 4.69) is 5.32 Å². The van der Waals surface area contributed by atoms with Gasteiger partial charge in [-0.2, -0.15) is 0 Å². The van der Waals surface area contributed by atoms with Gasteiger partial charge >= 0.3 is 0 Å². The van der Waals surface area contributed by atoms with E-state index in [4.69, 9.17) is 11.6 Å². The molecule has 3 nitrogen and oxygen atoms in total. The predicted octanol–water partition coefficient (Wildman–Crippen LogP) is 2.75. The van der Waals surface area contributed by atoms with Gasteiger partial charge in [0, 0.05) is 17.6 Å². The molecular formula is C14H22ClNO2. The van der Waals surface area contributed by atoms with Gasteiger partial charge < -0.3 is 10.4 Å². The summed E-state index contributed by atoms with van der Waals surface area (Å²) in [6.07, 6.45) is 0. The van der Waals surface area contributed by atoms with Crippen LogP contribution in [0.3, 0.4) is 0 Å². The molecule has 0 aliphatic rings. The maximum absolute atomic E-state index is 11.6. The lowest BCUT2D eigenvalue weighted by molar-refractivity contribution is -0.135. The van der Waals surface area contributed by atoms with Gasteiger partial charge in [-0.25, -0.2) is 0 Å². The number of rotatable bonds is 5. The number of hydrogen-bond donors (Lipinski definition) is 2. The Bertz CT molecular complexity index is 389. The predicted molar refractivity (Wildman–Crippen MR) is 75.9 cm³/mol. The van der Waals surface area contributed by atoms with Crippen LogP contribution >= 0.6 is 11.6 Å².